The molecule has 0 amide bonds. The van der Waals surface area contributed by atoms with Crippen molar-refractivity contribution in [2.45, 2.75) is 12.3 Å². The summed E-state index contributed by atoms with van der Waals surface area (Å²) in [6.07, 6.45) is 7.92. The van der Waals surface area contributed by atoms with Gasteiger partial charge in [0, 0.05) is 5.92 Å². The lowest BCUT2D eigenvalue weighted by molar-refractivity contribution is 0.884. The zero-order valence-electron chi connectivity index (χ0n) is 24.5. The van der Waals surface area contributed by atoms with Crippen molar-refractivity contribution in [3.05, 3.63) is 187 Å². The van der Waals surface area contributed by atoms with Crippen LogP contribution in [0.4, 0.5) is 0 Å². The third-order valence-electron chi connectivity index (χ3n) is 9.05. The van der Waals surface area contributed by atoms with Crippen LogP contribution >= 0.6 is 0 Å². The Kier molecular flexibility index (Phi) is 6.74. The molecule has 0 aliphatic heterocycles. The molecule has 0 radical (unpaired) electrons. The molecule has 0 spiro atoms. The Morgan fingerprint density at radius 2 is 0.864 bits per heavy atom. The van der Waals surface area contributed by atoms with Crippen LogP contribution in [0.25, 0.3) is 60.5 Å². The van der Waals surface area contributed by atoms with Crippen molar-refractivity contribution in [3.8, 4) is 33.4 Å². The molecule has 1 aliphatic rings. The Morgan fingerprint density at radius 1 is 0.386 bits per heavy atom. The highest BCUT2D eigenvalue weighted by atomic mass is 14.3. The molecule has 0 fully saturated rings. The standard InChI is InChI=1S/C44H32/c1-3-13-31(14-4-1)33-25-27-34(28-26-33)36-18-12-20-38(30-36)44-41-23-9-7-21-39(41)43(40-22-8-10-24-42(40)44)37-19-11-17-35(29-37)32-15-5-2-6-16-32/h1-29,38H,30H2. The van der Waals surface area contributed by atoms with E-state index in [1.165, 1.54) is 71.6 Å². The van der Waals surface area contributed by atoms with Gasteiger partial charge in [-0.2, -0.15) is 0 Å². The van der Waals surface area contributed by atoms with E-state index in [2.05, 4.69) is 176 Å². The van der Waals surface area contributed by atoms with E-state index in [0.29, 0.717) is 0 Å². The molecular formula is C44H32. The van der Waals surface area contributed by atoms with Gasteiger partial charge in [-0.05, 0) is 84.1 Å². The lowest BCUT2D eigenvalue weighted by atomic mass is 9.79. The molecular weight excluding hydrogens is 528 g/mol. The molecule has 0 heteroatoms. The second-order valence-electron chi connectivity index (χ2n) is 11.7. The normalized spacial score (nSPS) is 14.5. The summed E-state index contributed by atoms with van der Waals surface area (Å²) in [6, 6.07) is 57.4. The van der Waals surface area contributed by atoms with Crippen LogP contribution in [0.1, 0.15) is 23.5 Å². The van der Waals surface area contributed by atoms with Crippen LogP contribution in [-0.2, 0) is 0 Å². The predicted molar refractivity (Wildman–Crippen MR) is 189 cm³/mol. The van der Waals surface area contributed by atoms with Crippen LogP contribution in [0.3, 0.4) is 0 Å². The molecule has 0 saturated heterocycles. The maximum atomic E-state index is 2.39. The summed E-state index contributed by atoms with van der Waals surface area (Å²) in [6.45, 7) is 0. The fourth-order valence-corrected chi connectivity index (χ4v) is 6.96. The molecule has 7 aromatic rings. The molecule has 1 unspecified atom stereocenters. The van der Waals surface area contributed by atoms with Crippen molar-refractivity contribution >= 4 is 27.1 Å². The number of hydrogen-bond donors (Lipinski definition) is 0. The van der Waals surface area contributed by atoms with Crippen molar-refractivity contribution in [1.82, 2.24) is 0 Å². The molecule has 1 atom stereocenters. The highest BCUT2D eigenvalue weighted by Crippen LogP contribution is 2.45. The molecule has 0 N–H and O–H groups in total. The van der Waals surface area contributed by atoms with Gasteiger partial charge in [0.05, 0.1) is 0 Å². The van der Waals surface area contributed by atoms with E-state index in [4.69, 9.17) is 0 Å². The Hall–Kier alpha value is -5.46. The maximum absolute atomic E-state index is 2.39. The van der Waals surface area contributed by atoms with Crippen LogP contribution in [0.2, 0.25) is 0 Å². The van der Waals surface area contributed by atoms with E-state index in [9.17, 15) is 0 Å². The monoisotopic (exact) mass is 560 g/mol. The molecule has 44 heavy (non-hydrogen) atoms. The molecule has 208 valence electrons. The third-order valence-corrected chi connectivity index (χ3v) is 9.05. The molecule has 7 aromatic carbocycles. The van der Waals surface area contributed by atoms with Gasteiger partial charge in [0.25, 0.3) is 0 Å². The first-order chi connectivity index (χ1) is 21.8. The van der Waals surface area contributed by atoms with Gasteiger partial charge in [-0.3, -0.25) is 0 Å². The van der Waals surface area contributed by atoms with Gasteiger partial charge in [0.15, 0.2) is 0 Å². The van der Waals surface area contributed by atoms with Crippen LogP contribution in [0.15, 0.2) is 176 Å². The molecule has 0 heterocycles. The molecule has 8 rings (SSSR count). The van der Waals surface area contributed by atoms with E-state index in [-0.39, 0.29) is 5.92 Å². The molecule has 0 saturated carbocycles. The predicted octanol–water partition coefficient (Wildman–Crippen LogP) is 12.1. The highest BCUT2D eigenvalue weighted by Gasteiger charge is 2.22. The molecule has 1 aliphatic carbocycles. The van der Waals surface area contributed by atoms with E-state index in [1.54, 1.807) is 0 Å². The second kappa shape index (κ2) is 11.3. The first kappa shape index (κ1) is 26.2. The Bertz CT molecular complexity index is 2110. The molecule has 0 nitrogen and oxygen atoms in total. The van der Waals surface area contributed by atoms with Gasteiger partial charge in [-0.15, -0.1) is 0 Å². The van der Waals surface area contributed by atoms with E-state index < -0.39 is 0 Å². The fourth-order valence-electron chi connectivity index (χ4n) is 6.96. The maximum Gasteiger partial charge on any atom is 0.00740 e. The Balaban J connectivity index is 1.23. The minimum atomic E-state index is 0.281. The van der Waals surface area contributed by atoms with Gasteiger partial charge in [-0.25, -0.2) is 0 Å². The number of hydrogen-bond acceptors (Lipinski definition) is 0. The van der Waals surface area contributed by atoms with Crippen LogP contribution in [0.5, 0.6) is 0 Å². The summed E-state index contributed by atoms with van der Waals surface area (Å²) in [4.78, 5) is 0. The summed E-state index contributed by atoms with van der Waals surface area (Å²) in [5, 5.41) is 5.29. The van der Waals surface area contributed by atoms with Gasteiger partial charge < -0.3 is 0 Å². The summed E-state index contributed by atoms with van der Waals surface area (Å²) in [5.74, 6) is 0.281. The first-order valence-corrected chi connectivity index (χ1v) is 15.5. The minimum Gasteiger partial charge on any atom is -0.0766 e. The van der Waals surface area contributed by atoms with Crippen molar-refractivity contribution < 1.29 is 0 Å². The largest absolute Gasteiger partial charge is 0.0766 e. The Labute approximate surface area is 259 Å². The molecule has 0 bridgehead atoms. The van der Waals surface area contributed by atoms with Crippen molar-refractivity contribution in [3.63, 3.8) is 0 Å². The zero-order valence-corrected chi connectivity index (χ0v) is 24.5. The summed E-state index contributed by atoms with van der Waals surface area (Å²) >= 11 is 0. The van der Waals surface area contributed by atoms with E-state index >= 15 is 0 Å². The fraction of sp³-hybridized carbons (Fsp3) is 0.0455. The summed E-state index contributed by atoms with van der Waals surface area (Å²) in [7, 11) is 0. The Morgan fingerprint density at radius 3 is 1.50 bits per heavy atom. The van der Waals surface area contributed by atoms with Gasteiger partial charge >= 0.3 is 0 Å². The minimum absolute atomic E-state index is 0.281. The zero-order chi connectivity index (χ0) is 29.3. The van der Waals surface area contributed by atoms with Crippen molar-refractivity contribution in [1.29, 1.82) is 0 Å². The topological polar surface area (TPSA) is 0 Å². The lowest BCUT2D eigenvalue weighted by Gasteiger charge is -2.25. The molecule has 0 aromatic heterocycles. The summed E-state index contributed by atoms with van der Waals surface area (Å²) < 4.78 is 0. The first-order valence-electron chi connectivity index (χ1n) is 15.5. The van der Waals surface area contributed by atoms with Crippen LogP contribution in [-0.4, -0.2) is 0 Å². The number of fused-ring (bicyclic) bond motifs is 2. The quantitative estimate of drug-likeness (QED) is 0.184. The van der Waals surface area contributed by atoms with Crippen LogP contribution in [0, 0.1) is 0 Å². The van der Waals surface area contributed by atoms with Gasteiger partial charge in [-0.1, -0.05) is 170 Å². The van der Waals surface area contributed by atoms with Crippen molar-refractivity contribution in [2.75, 3.05) is 0 Å². The van der Waals surface area contributed by atoms with Crippen LogP contribution < -0.4 is 0 Å². The summed E-state index contributed by atoms with van der Waals surface area (Å²) in [5.41, 5.74) is 11.6. The van der Waals surface area contributed by atoms with Gasteiger partial charge in [0.1, 0.15) is 0 Å². The van der Waals surface area contributed by atoms with E-state index in [1.807, 2.05) is 0 Å². The average molecular weight is 561 g/mol. The second-order valence-corrected chi connectivity index (χ2v) is 11.7. The third kappa shape index (κ3) is 4.75. The highest BCUT2D eigenvalue weighted by molar-refractivity contribution is 6.15. The SMILES string of the molecule is C1=CC(c2c3ccccc3c(-c3cccc(-c4ccccc4)c3)c3ccccc23)CC(c2ccc(-c3ccccc3)cc2)=C1. The number of benzene rings is 7. The van der Waals surface area contributed by atoms with E-state index in [0.717, 1.165) is 6.42 Å². The number of allylic oxidation sites excluding steroid dienone is 4. The van der Waals surface area contributed by atoms with Gasteiger partial charge in [0.2, 0.25) is 0 Å². The van der Waals surface area contributed by atoms with Crippen molar-refractivity contribution in [2.24, 2.45) is 0 Å². The lowest BCUT2D eigenvalue weighted by Crippen LogP contribution is -2.04. The number of rotatable bonds is 5. The smallest absolute Gasteiger partial charge is 0.00740 e. The average Bonchev–Trinajstić information content (AvgIpc) is 3.11.